The van der Waals surface area contributed by atoms with Gasteiger partial charge in [0.2, 0.25) is 11.7 Å². The average molecular weight is 369 g/mol. The zero-order chi connectivity index (χ0) is 19.2. The van der Waals surface area contributed by atoms with Crippen LogP contribution < -0.4 is 10.2 Å². The van der Waals surface area contributed by atoms with Crippen molar-refractivity contribution in [2.75, 3.05) is 11.9 Å². The average Bonchev–Trinajstić information content (AvgIpc) is 3.31. The minimum absolute atomic E-state index is 0.0268. The van der Waals surface area contributed by atoms with E-state index >= 15 is 0 Å². The highest BCUT2D eigenvalue weighted by Crippen LogP contribution is 2.44. The number of hydrogen-bond acceptors (Lipinski definition) is 6. The number of furan rings is 1. The van der Waals surface area contributed by atoms with E-state index < -0.39 is 5.95 Å². The molecule has 0 unspecified atom stereocenters. The van der Waals surface area contributed by atoms with Crippen molar-refractivity contribution in [1.82, 2.24) is 20.3 Å². The predicted octanol–water partition coefficient (Wildman–Crippen LogP) is 2.98. The summed E-state index contributed by atoms with van der Waals surface area (Å²) in [5.74, 6) is 0.150. The third kappa shape index (κ3) is 3.01. The molecule has 3 aromatic rings. The Bertz CT molecular complexity index is 1030. The molecule has 0 radical (unpaired) electrons. The van der Waals surface area contributed by atoms with Gasteiger partial charge in [0.25, 0.3) is 5.91 Å². The number of aromatic nitrogens is 3. The summed E-state index contributed by atoms with van der Waals surface area (Å²) in [4.78, 5) is 27.1. The number of carbonyl (C=O) groups is 1. The number of pyridine rings is 1. The Morgan fingerprint density at radius 3 is 2.85 bits per heavy atom. The van der Waals surface area contributed by atoms with E-state index in [1.807, 2.05) is 7.05 Å². The van der Waals surface area contributed by atoms with Gasteiger partial charge < -0.3 is 14.6 Å². The SMILES string of the molecule is Cc1oc2ncnc(N(C)C3(C)CC3)c2c1C(=O)NCc1cccnc1F. The van der Waals surface area contributed by atoms with Gasteiger partial charge in [0.15, 0.2) is 0 Å². The Hall–Kier alpha value is -3.03. The van der Waals surface area contributed by atoms with Crippen LogP contribution in [-0.2, 0) is 6.54 Å². The first-order valence-corrected chi connectivity index (χ1v) is 8.76. The molecular weight excluding hydrogens is 349 g/mol. The first kappa shape index (κ1) is 17.4. The third-order valence-electron chi connectivity index (χ3n) is 5.25. The first-order valence-electron chi connectivity index (χ1n) is 8.76. The molecule has 0 aliphatic heterocycles. The molecule has 3 aromatic heterocycles. The van der Waals surface area contributed by atoms with Crippen LogP contribution in [0.5, 0.6) is 0 Å². The van der Waals surface area contributed by atoms with Gasteiger partial charge in [-0.1, -0.05) is 6.07 Å². The fourth-order valence-electron chi connectivity index (χ4n) is 3.14. The van der Waals surface area contributed by atoms with E-state index in [0.29, 0.717) is 33.8 Å². The molecule has 4 rings (SSSR count). The summed E-state index contributed by atoms with van der Waals surface area (Å²) in [5.41, 5.74) is 1.08. The number of halogens is 1. The number of amides is 1. The van der Waals surface area contributed by atoms with Crippen LogP contribution in [-0.4, -0.2) is 33.4 Å². The second-order valence-electron chi connectivity index (χ2n) is 7.10. The van der Waals surface area contributed by atoms with Crippen LogP contribution in [0.15, 0.2) is 29.1 Å². The van der Waals surface area contributed by atoms with Gasteiger partial charge in [0.05, 0.1) is 10.9 Å². The highest BCUT2D eigenvalue weighted by Gasteiger charge is 2.43. The van der Waals surface area contributed by atoms with Gasteiger partial charge in [-0.3, -0.25) is 4.79 Å². The van der Waals surface area contributed by atoms with Gasteiger partial charge in [0, 0.05) is 30.9 Å². The lowest BCUT2D eigenvalue weighted by Crippen LogP contribution is -2.32. The van der Waals surface area contributed by atoms with Crippen LogP contribution in [0.3, 0.4) is 0 Å². The fraction of sp³-hybridized carbons (Fsp3) is 0.368. The van der Waals surface area contributed by atoms with E-state index in [4.69, 9.17) is 4.42 Å². The number of carbonyl (C=O) groups excluding carboxylic acids is 1. The van der Waals surface area contributed by atoms with Crippen molar-refractivity contribution >= 4 is 22.8 Å². The summed E-state index contributed by atoms with van der Waals surface area (Å²) < 4.78 is 19.4. The smallest absolute Gasteiger partial charge is 0.255 e. The lowest BCUT2D eigenvalue weighted by molar-refractivity contribution is 0.0950. The molecule has 1 fully saturated rings. The van der Waals surface area contributed by atoms with Gasteiger partial charge in [0.1, 0.15) is 17.9 Å². The summed E-state index contributed by atoms with van der Waals surface area (Å²) >= 11 is 0. The van der Waals surface area contributed by atoms with Crippen molar-refractivity contribution in [1.29, 1.82) is 0 Å². The van der Waals surface area contributed by atoms with Gasteiger partial charge in [-0.15, -0.1) is 0 Å². The van der Waals surface area contributed by atoms with Gasteiger partial charge in [-0.05, 0) is 32.8 Å². The number of anilines is 1. The summed E-state index contributed by atoms with van der Waals surface area (Å²) in [6.07, 6.45) is 4.93. The molecule has 1 aliphatic rings. The predicted molar refractivity (Wildman–Crippen MR) is 97.9 cm³/mol. The van der Waals surface area contributed by atoms with Crippen LogP contribution in [0.2, 0.25) is 0 Å². The first-order chi connectivity index (χ1) is 12.9. The van der Waals surface area contributed by atoms with Gasteiger partial charge in [-0.25, -0.2) is 15.0 Å². The molecule has 1 saturated carbocycles. The van der Waals surface area contributed by atoms with E-state index in [-0.39, 0.29) is 18.0 Å². The molecule has 1 aliphatic carbocycles. The van der Waals surface area contributed by atoms with E-state index in [2.05, 4.69) is 32.1 Å². The van der Waals surface area contributed by atoms with E-state index in [1.54, 1.807) is 19.1 Å². The van der Waals surface area contributed by atoms with E-state index in [0.717, 1.165) is 12.8 Å². The number of hydrogen-bond donors (Lipinski definition) is 1. The van der Waals surface area contributed by atoms with Crippen LogP contribution in [0.25, 0.3) is 11.1 Å². The van der Waals surface area contributed by atoms with Crippen LogP contribution in [0, 0.1) is 12.9 Å². The molecule has 0 spiro atoms. The summed E-state index contributed by atoms with van der Waals surface area (Å²) in [6, 6.07) is 3.21. The lowest BCUT2D eigenvalue weighted by Gasteiger charge is -2.26. The second kappa shape index (κ2) is 6.29. The minimum Gasteiger partial charge on any atom is -0.442 e. The molecule has 0 aromatic carbocycles. The zero-order valence-electron chi connectivity index (χ0n) is 15.4. The molecule has 3 heterocycles. The van der Waals surface area contributed by atoms with Crippen molar-refractivity contribution in [3.63, 3.8) is 0 Å². The Morgan fingerprint density at radius 2 is 2.15 bits per heavy atom. The number of aryl methyl sites for hydroxylation is 1. The molecular formula is C19H20FN5O2. The van der Waals surface area contributed by atoms with Crippen LogP contribution in [0.1, 0.15) is 41.4 Å². The summed E-state index contributed by atoms with van der Waals surface area (Å²) in [6.45, 7) is 3.89. The highest BCUT2D eigenvalue weighted by atomic mass is 19.1. The maximum atomic E-state index is 13.7. The Labute approximate surface area is 155 Å². The summed E-state index contributed by atoms with van der Waals surface area (Å²) in [5, 5.41) is 3.32. The molecule has 0 atom stereocenters. The molecule has 140 valence electrons. The standard InChI is InChI=1S/C19H20FN5O2/c1-11-13(17(26)22-9-12-5-4-8-21-15(12)20)14-16(23-10-24-18(14)27-11)25(3)19(2)6-7-19/h4-5,8,10H,6-7,9H2,1-3H3,(H,22,26). The van der Waals surface area contributed by atoms with Gasteiger partial charge in [-0.2, -0.15) is 4.39 Å². The van der Waals surface area contributed by atoms with Crippen molar-refractivity contribution < 1.29 is 13.6 Å². The van der Waals surface area contributed by atoms with E-state index in [1.165, 1.54) is 12.5 Å². The number of rotatable bonds is 5. The van der Waals surface area contributed by atoms with E-state index in [9.17, 15) is 9.18 Å². The zero-order valence-corrected chi connectivity index (χ0v) is 15.4. The van der Waals surface area contributed by atoms with Gasteiger partial charge >= 0.3 is 0 Å². The van der Waals surface area contributed by atoms with Crippen molar-refractivity contribution in [2.45, 2.75) is 38.8 Å². The van der Waals surface area contributed by atoms with Crippen molar-refractivity contribution in [3.05, 3.63) is 47.5 Å². The number of nitrogens with one attached hydrogen (secondary N) is 1. The number of fused-ring (bicyclic) bond motifs is 1. The maximum absolute atomic E-state index is 13.7. The molecule has 27 heavy (non-hydrogen) atoms. The largest absolute Gasteiger partial charge is 0.442 e. The minimum atomic E-state index is -0.600. The molecule has 8 heteroatoms. The van der Waals surface area contributed by atoms with Crippen molar-refractivity contribution in [2.24, 2.45) is 0 Å². The Balaban J connectivity index is 1.69. The quantitative estimate of drug-likeness (QED) is 0.696. The fourth-order valence-corrected chi connectivity index (χ4v) is 3.14. The molecule has 0 saturated heterocycles. The monoisotopic (exact) mass is 369 g/mol. The van der Waals surface area contributed by atoms with Crippen LogP contribution >= 0.6 is 0 Å². The third-order valence-corrected chi connectivity index (χ3v) is 5.25. The van der Waals surface area contributed by atoms with Crippen LogP contribution in [0.4, 0.5) is 10.2 Å². The van der Waals surface area contributed by atoms with Crippen molar-refractivity contribution in [3.8, 4) is 0 Å². The normalized spacial score (nSPS) is 15.0. The Kier molecular flexibility index (Phi) is 4.05. The molecule has 1 N–H and O–H groups in total. The molecule has 7 nitrogen and oxygen atoms in total. The molecule has 0 bridgehead atoms. The topological polar surface area (TPSA) is 84.2 Å². The molecule has 1 amide bonds. The number of nitrogens with zero attached hydrogens (tertiary/aromatic N) is 4. The lowest BCUT2D eigenvalue weighted by atomic mass is 10.1. The Morgan fingerprint density at radius 1 is 1.37 bits per heavy atom. The summed E-state index contributed by atoms with van der Waals surface area (Å²) in [7, 11) is 1.96. The highest BCUT2D eigenvalue weighted by molar-refractivity contribution is 6.10. The maximum Gasteiger partial charge on any atom is 0.255 e. The second-order valence-corrected chi connectivity index (χ2v) is 7.10.